The highest BCUT2D eigenvalue weighted by Gasteiger charge is 2.29. The van der Waals surface area contributed by atoms with Crippen molar-refractivity contribution in [1.29, 1.82) is 5.41 Å². The molecule has 1 unspecified atom stereocenters. The van der Waals surface area contributed by atoms with E-state index in [4.69, 9.17) is 15.9 Å². The fourth-order valence-electron chi connectivity index (χ4n) is 2.53. The molecule has 0 saturated heterocycles. The fraction of sp³-hybridized carbons (Fsp3) is 0.923. The molecule has 1 rings (SSSR count). The highest BCUT2D eigenvalue weighted by molar-refractivity contribution is 7.89. The summed E-state index contributed by atoms with van der Waals surface area (Å²) in [7, 11) is -3.47. The highest BCUT2D eigenvalue weighted by Crippen LogP contribution is 2.26. The maximum atomic E-state index is 12.0. The van der Waals surface area contributed by atoms with Crippen LogP contribution in [0, 0.1) is 11.3 Å². The quantitative estimate of drug-likeness (QED) is 0.463. The first-order valence-electron chi connectivity index (χ1n) is 7.27. The lowest BCUT2D eigenvalue weighted by Crippen LogP contribution is -2.50. The molecule has 1 aliphatic carbocycles. The zero-order valence-corrected chi connectivity index (χ0v) is 13.2. The van der Waals surface area contributed by atoms with Crippen molar-refractivity contribution >= 4 is 15.9 Å². The molecule has 1 aliphatic rings. The molecular weight excluding hydrogens is 278 g/mol. The fourth-order valence-corrected chi connectivity index (χ4v) is 3.67. The SMILES string of the molecule is CC(C)OCCS(=O)(=O)NC(C(=N)N)C1CCCCC1. The zero-order valence-electron chi connectivity index (χ0n) is 12.4. The van der Waals surface area contributed by atoms with Crippen molar-refractivity contribution in [3.63, 3.8) is 0 Å². The standard InChI is InChI=1S/C13H27N3O3S/c1-10(2)19-8-9-20(17,18)16-12(13(14)15)11-6-4-3-5-7-11/h10-12,16H,3-9H2,1-2H3,(H3,14,15). The Morgan fingerprint density at radius 3 is 2.45 bits per heavy atom. The van der Waals surface area contributed by atoms with Crippen molar-refractivity contribution in [2.45, 2.75) is 58.1 Å². The van der Waals surface area contributed by atoms with Gasteiger partial charge in [-0.3, -0.25) is 5.41 Å². The van der Waals surface area contributed by atoms with E-state index in [0.717, 1.165) is 25.7 Å². The summed E-state index contributed by atoms with van der Waals surface area (Å²) in [5.74, 6) is -0.0471. The Morgan fingerprint density at radius 1 is 1.35 bits per heavy atom. The van der Waals surface area contributed by atoms with Crippen LogP contribution in [0.1, 0.15) is 46.0 Å². The van der Waals surface area contributed by atoms with E-state index in [9.17, 15) is 8.42 Å². The van der Waals surface area contributed by atoms with Gasteiger partial charge in [0.15, 0.2) is 0 Å². The minimum absolute atomic E-state index is 0.00662. The van der Waals surface area contributed by atoms with Gasteiger partial charge in [-0.2, -0.15) is 0 Å². The summed E-state index contributed by atoms with van der Waals surface area (Å²) in [4.78, 5) is 0. The number of nitrogens with one attached hydrogen (secondary N) is 2. The first kappa shape index (κ1) is 17.4. The van der Waals surface area contributed by atoms with Gasteiger partial charge in [-0.05, 0) is 32.6 Å². The minimum atomic E-state index is -3.47. The van der Waals surface area contributed by atoms with Crippen molar-refractivity contribution < 1.29 is 13.2 Å². The van der Waals surface area contributed by atoms with Crippen LogP contribution < -0.4 is 10.5 Å². The molecule has 1 atom stereocenters. The Morgan fingerprint density at radius 2 is 1.95 bits per heavy atom. The number of rotatable bonds is 8. The summed E-state index contributed by atoms with van der Waals surface area (Å²) in [6.45, 7) is 3.88. The highest BCUT2D eigenvalue weighted by atomic mass is 32.2. The lowest BCUT2D eigenvalue weighted by atomic mass is 9.84. The number of nitrogens with two attached hydrogens (primary N) is 1. The lowest BCUT2D eigenvalue weighted by Gasteiger charge is -2.29. The van der Waals surface area contributed by atoms with E-state index >= 15 is 0 Å². The van der Waals surface area contributed by atoms with Gasteiger partial charge in [0.1, 0.15) is 5.84 Å². The first-order chi connectivity index (χ1) is 9.32. The van der Waals surface area contributed by atoms with Gasteiger partial charge in [-0.15, -0.1) is 0 Å². The van der Waals surface area contributed by atoms with Crippen molar-refractivity contribution in [3.05, 3.63) is 0 Å². The molecule has 0 aromatic heterocycles. The van der Waals surface area contributed by atoms with Gasteiger partial charge < -0.3 is 10.5 Å². The minimum Gasteiger partial charge on any atom is -0.386 e. The van der Waals surface area contributed by atoms with Gasteiger partial charge in [-0.1, -0.05) is 19.3 Å². The normalized spacial score (nSPS) is 19.1. The predicted octanol–water partition coefficient (Wildman–Crippen LogP) is 1.22. The number of amidine groups is 1. The Labute approximate surface area is 122 Å². The molecule has 20 heavy (non-hydrogen) atoms. The van der Waals surface area contributed by atoms with Crippen molar-refractivity contribution in [3.8, 4) is 0 Å². The smallest absolute Gasteiger partial charge is 0.214 e. The molecular formula is C13H27N3O3S. The molecule has 0 radical (unpaired) electrons. The van der Waals surface area contributed by atoms with E-state index in [-0.39, 0.29) is 30.2 Å². The summed E-state index contributed by atoms with van der Waals surface area (Å²) < 4.78 is 31.9. The molecule has 0 aromatic rings. The van der Waals surface area contributed by atoms with Gasteiger partial charge in [0.2, 0.25) is 10.0 Å². The molecule has 118 valence electrons. The third-order valence-electron chi connectivity index (χ3n) is 3.57. The number of sulfonamides is 1. The summed E-state index contributed by atoms with van der Waals surface area (Å²) in [6, 6.07) is -0.570. The summed E-state index contributed by atoms with van der Waals surface area (Å²) in [5, 5.41) is 7.63. The van der Waals surface area contributed by atoms with Crippen molar-refractivity contribution in [2.24, 2.45) is 11.7 Å². The third kappa shape index (κ3) is 6.19. The molecule has 6 nitrogen and oxygen atoms in total. The largest absolute Gasteiger partial charge is 0.386 e. The number of ether oxygens (including phenoxy) is 1. The molecule has 1 fully saturated rings. The van der Waals surface area contributed by atoms with E-state index in [1.807, 2.05) is 13.8 Å². The summed E-state index contributed by atoms with van der Waals surface area (Å²) in [6.07, 6.45) is 5.19. The molecule has 0 amide bonds. The Hall–Kier alpha value is -0.660. The van der Waals surface area contributed by atoms with Crippen LogP contribution in [0.25, 0.3) is 0 Å². The second-order valence-corrected chi connectivity index (χ2v) is 7.56. The first-order valence-corrected chi connectivity index (χ1v) is 8.92. The summed E-state index contributed by atoms with van der Waals surface area (Å²) >= 11 is 0. The zero-order chi connectivity index (χ0) is 15.2. The molecule has 1 saturated carbocycles. The monoisotopic (exact) mass is 305 g/mol. The second-order valence-electron chi connectivity index (χ2n) is 5.69. The van der Waals surface area contributed by atoms with E-state index in [1.54, 1.807) is 0 Å². The Bertz CT molecular complexity index is 403. The molecule has 0 heterocycles. The molecule has 0 spiro atoms. The van der Waals surface area contributed by atoms with Crippen molar-refractivity contribution in [2.75, 3.05) is 12.4 Å². The molecule has 0 aromatic carbocycles. The average molecular weight is 305 g/mol. The molecule has 7 heteroatoms. The van der Waals surface area contributed by atoms with Crippen LogP contribution in [-0.2, 0) is 14.8 Å². The molecule has 4 N–H and O–H groups in total. The van der Waals surface area contributed by atoms with Crippen LogP contribution in [0.3, 0.4) is 0 Å². The molecule has 0 aliphatic heterocycles. The number of hydrogen-bond donors (Lipinski definition) is 3. The Balaban J connectivity index is 2.57. The van der Waals surface area contributed by atoms with Crippen LogP contribution in [0.15, 0.2) is 0 Å². The van der Waals surface area contributed by atoms with Gasteiger partial charge in [0.25, 0.3) is 0 Å². The van der Waals surface area contributed by atoms with Gasteiger partial charge >= 0.3 is 0 Å². The van der Waals surface area contributed by atoms with E-state index in [0.29, 0.717) is 0 Å². The third-order valence-corrected chi connectivity index (χ3v) is 4.88. The van der Waals surface area contributed by atoms with Crippen LogP contribution >= 0.6 is 0 Å². The Kier molecular flexibility index (Phi) is 6.91. The van der Waals surface area contributed by atoms with Crippen LogP contribution in [0.5, 0.6) is 0 Å². The van der Waals surface area contributed by atoms with Gasteiger partial charge in [0, 0.05) is 0 Å². The summed E-state index contributed by atoms with van der Waals surface area (Å²) in [5.41, 5.74) is 5.58. The topological polar surface area (TPSA) is 105 Å². The maximum absolute atomic E-state index is 12.0. The van der Waals surface area contributed by atoms with Gasteiger partial charge in [-0.25, -0.2) is 13.1 Å². The van der Waals surface area contributed by atoms with Gasteiger partial charge in [0.05, 0.1) is 24.5 Å². The van der Waals surface area contributed by atoms with Crippen LogP contribution in [0.4, 0.5) is 0 Å². The predicted molar refractivity (Wildman–Crippen MR) is 80.3 cm³/mol. The molecule has 0 bridgehead atoms. The average Bonchev–Trinajstić information content (AvgIpc) is 2.36. The van der Waals surface area contributed by atoms with E-state index in [1.165, 1.54) is 6.42 Å². The second kappa shape index (κ2) is 7.95. The van der Waals surface area contributed by atoms with Crippen molar-refractivity contribution in [1.82, 2.24) is 4.72 Å². The van der Waals surface area contributed by atoms with Crippen LogP contribution in [-0.4, -0.2) is 38.8 Å². The van der Waals surface area contributed by atoms with Crippen LogP contribution in [0.2, 0.25) is 0 Å². The number of hydrogen-bond acceptors (Lipinski definition) is 4. The lowest BCUT2D eigenvalue weighted by molar-refractivity contribution is 0.0911. The van der Waals surface area contributed by atoms with E-state index < -0.39 is 16.1 Å². The van der Waals surface area contributed by atoms with E-state index in [2.05, 4.69) is 4.72 Å². The maximum Gasteiger partial charge on any atom is 0.214 e.